The molecule has 4 atom stereocenters. The molecule has 0 aliphatic carbocycles. The van der Waals surface area contributed by atoms with E-state index in [2.05, 4.69) is 0 Å². The van der Waals surface area contributed by atoms with Crippen molar-refractivity contribution in [2.45, 2.75) is 44.4 Å². The molecule has 0 heterocycles. The maximum Gasteiger partial charge on any atom is 0.168 e. The molecule has 8 heteroatoms. The van der Waals surface area contributed by atoms with Crippen molar-refractivity contribution >= 4 is 23.2 Å². The molecule has 0 bridgehead atoms. The molecular weight excluding hydrogens is 323 g/mol. The van der Waals surface area contributed by atoms with E-state index in [1.807, 2.05) is 6.92 Å². The molecule has 0 saturated carbocycles. The first kappa shape index (κ1) is 21.3. The molecule has 21 heavy (non-hydrogen) atoms. The van der Waals surface area contributed by atoms with Crippen LogP contribution < -0.4 is 0 Å². The molecule has 4 unspecified atom stereocenters. The number of rotatable bonds is 14. The summed E-state index contributed by atoms with van der Waals surface area (Å²) in [6.45, 7) is 2.67. The summed E-state index contributed by atoms with van der Waals surface area (Å²) < 4.78 is 15.9. The van der Waals surface area contributed by atoms with E-state index in [1.54, 1.807) is 0 Å². The Labute approximate surface area is 135 Å². The van der Waals surface area contributed by atoms with Crippen LogP contribution in [0.25, 0.3) is 0 Å². The number of alkyl halides is 2. The largest absolute Gasteiger partial charge is 0.391 e. The van der Waals surface area contributed by atoms with E-state index in [0.29, 0.717) is 12.8 Å². The average Bonchev–Trinajstić information content (AvgIpc) is 2.50. The zero-order chi connectivity index (χ0) is 16.1. The Hall–Kier alpha value is 0.340. The third-order valence-corrected chi connectivity index (χ3v) is 3.29. The molecule has 3 N–H and O–H groups in total. The van der Waals surface area contributed by atoms with Gasteiger partial charge in [-0.3, -0.25) is 0 Å². The fourth-order valence-corrected chi connectivity index (χ4v) is 1.52. The van der Waals surface area contributed by atoms with Gasteiger partial charge in [-0.25, -0.2) is 0 Å². The van der Waals surface area contributed by atoms with Gasteiger partial charge in [0.1, 0.15) is 0 Å². The molecule has 0 fully saturated rings. The lowest BCUT2D eigenvalue weighted by atomic mass is 10.2. The molecule has 0 aromatic rings. The van der Waals surface area contributed by atoms with E-state index in [9.17, 15) is 15.3 Å². The smallest absolute Gasteiger partial charge is 0.168 e. The zero-order valence-electron chi connectivity index (χ0n) is 12.3. The third kappa shape index (κ3) is 12.6. The highest BCUT2D eigenvalue weighted by atomic mass is 35.5. The summed E-state index contributed by atoms with van der Waals surface area (Å²) in [6.07, 6.45) is -1.51. The molecule has 0 rings (SSSR count). The second-order valence-corrected chi connectivity index (χ2v) is 5.25. The SMILES string of the molecule is CCC(O)COCC(CCOC(O)CCl)OCC(O)CCl. The first-order chi connectivity index (χ1) is 10.0. The highest BCUT2D eigenvalue weighted by molar-refractivity contribution is 6.18. The molecule has 0 saturated heterocycles. The van der Waals surface area contributed by atoms with E-state index >= 15 is 0 Å². The molecular formula is C13H26Cl2O6. The Bertz CT molecular complexity index is 219. The van der Waals surface area contributed by atoms with E-state index in [-0.39, 0.29) is 44.3 Å². The molecule has 0 aliphatic heterocycles. The predicted molar refractivity (Wildman–Crippen MR) is 80.9 cm³/mol. The van der Waals surface area contributed by atoms with Gasteiger partial charge in [-0.05, 0) is 12.8 Å². The number of halogens is 2. The van der Waals surface area contributed by atoms with Gasteiger partial charge in [-0.1, -0.05) is 6.92 Å². The van der Waals surface area contributed by atoms with Crippen LogP contribution in [0, 0.1) is 0 Å². The highest BCUT2D eigenvalue weighted by Crippen LogP contribution is 2.05. The monoisotopic (exact) mass is 348 g/mol. The summed E-state index contributed by atoms with van der Waals surface area (Å²) in [5.41, 5.74) is 0. The van der Waals surface area contributed by atoms with Crippen molar-refractivity contribution in [2.24, 2.45) is 0 Å². The van der Waals surface area contributed by atoms with Crippen LogP contribution >= 0.6 is 23.2 Å². The van der Waals surface area contributed by atoms with Crippen molar-refractivity contribution < 1.29 is 29.5 Å². The number of ether oxygens (including phenoxy) is 3. The quantitative estimate of drug-likeness (QED) is 0.316. The van der Waals surface area contributed by atoms with Crippen LogP contribution in [0.2, 0.25) is 0 Å². The van der Waals surface area contributed by atoms with Gasteiger partial charge in [0.2, 0.25) is 0 Å². The summed E-state index contributed by atoms with van der Waals surface area (Å²) in [6, 6.07) is 0. The van der Waals surface area contributed by atoms with Crippen molar-refractivity contribution in [1.29, 1.82) is 0 Å². The van der Waals surface area contributed by atoms with Crippen LogP contribution in [-0.2, 0) is 14.2 Å². The number of hydrogen-bond donors (Lipinski definition) is 3. The Morgan fingerprint density at radius 1 is 0.905 bits per heavy atom. The lowest BCUT2D eigenvalue weighted by Crippen LogP contribution is -2.29. The Morgan fingerprint density at radius 3 is 2.19 bits per heavy atom. The van der Waals surface area contributed by atoms with Crippen molar-refractivity contribution in [2.75, 3.05) is 38.2 Å². The van der Waals surface area contributed by atoms with Crippen molar-refractivity contribution in [3.63, 3.8) is 0 Å². The summed E-state index contributed by atoms with van der Waals surface area (Å²) in [7, 11) is 0. The molecule has 0 amide bonds. The van der Waals surface area contributed by atoms with Crippen LogP contribution in [0.5, 0.6) is 0 Å². The van der Waals surface area contributed by atoms with Crippen LogP contribution in [0.15, 0.2) is 0 Å². The molecule has 6 nitrogen and oxygen atoms in total. The van der Waals surface area contributed by atoms with E-state index in [1.165, 1.54) is 0 Å². The molecule has 0 aromatic carbocycles. The third-order valence-electron chi connectivity index (χ3n) is 2.67. The van der Waals surface area contributed by atoms with Crippen LogP contribution in [0.3, 0.4) is 0 Å². The first-order valence-corrected chi connectivity index (χ1v) is 8.07. The van der Waals surface area contributed by atoms with Gasteiger partial charge in [-0.2, -0.15) is 0 Å². The number of aliphatic hydroxyl groups is 3. The minimum Gasteiger partial charge on any atom is -0.391 e. The first-order valence-electron chi connectivity index (χ1n) is 7.00. The maximum absolute atomic E-state index is 9.41. The fraction of sp³-hybridized carbons (Fsp3) is 1.00. The van der Waals surface area contributed by atoms with E-state index in [4.69, 9.17) is 37.4 Å². The number of aliphatic hydroxyl groups excluding tert-OH is 3. The van der Waals surface area contributed by atoms with Crippen molar-refractivity contribution in [3.8, 4) is 0 Å². The zero-order valence-corrected chi connectivity index (χ0v) is 13.8. The van der Waals surface area contributed by atoms with Gasteiger partial charge in [0.15, 0.2) is 6.29 Å². The fourth-order valence-electron chi connectivity index (χ4n) is 1.34. The summed E-state index contributed by atoms with van der Waals surface area (Å²) in [4.78, 5) is 0. The van der Waals surface area contributed by atoms with Crippen molar-refractivity contribution in [1.82, 2.24) is 0 Å². The van der Waals surface area contributed by atoms with Crippen LogP contribution in [0.4, 0.5) is 0 Å². The minimum atomic E-state index is -1.01. The van der Waals surface area contributed by atoms with E-state index < -0.39 is 18.5 Å². The van der Waals surface area contributed by atoms with E-state index in [0.717, 1.165) is 0 Å². The van der Waals surface area contributed by atoms with Gasteiger partial charge in [-0.15, -0.1) is 23.2 Å². The van der Waals surface area contributed by atoms with Gasteiger partial charge in [0.05, 0.1) is 56.5 Å². The Balaban J connectivity index is 4.01. The molecule has 0 aromatic heterocycles. The maximum atomic E-state index is 9.41. The van der Waals surface area contributed by atoms with Gasteiger partial charge < -0.3 is 29.5 Å². The van der Waals surface area contributed by atoms with Gasteiger partial charge >= 0.3 is 0 Å². The van der Waals surface area contributed by atoms with Gasteiger partial charge in [0.25, 0.3) is 0 Å². The molecule has 0 spiro atoms. The summed E-state index contributed by atoms with van der Waals surface area (Å²) in [5.74, 6) is 0.0826. The second kappa shape index (κ2) is 14.0. The minimum absolute atomic E-state index is 0.00429. The lowest BCUT2D eigenvalue weighted by molar-refractivity contribution is -0.106. The highest BCUT2D eigenvalue weighted by Gasteiger charge is 2.14. The van der Waals surface area contributed by atoms with Crippen molar-refractivity contribution in [3.05, 3.63) is 0 Å². The molecule has 128 valence electrons. The summed E-state index contributed by atoms with van der Waals surface area (Å²) in [5, 5.41) is 28.0. The Morgan fingerprint density at radius 2 is 1.62 bits per heavy atom. The topological polar surface area (TPSA) is 88.4 Å². The predicted octanol–water partition coefficient (Wildman–Crippen LogP) is 0.723. The summed E-state index contributed by atoms with van der Waals surface area (Å²) >= 11 is 10.9. The lowest BCUT2D eigenvalue weighted by Gasteiger charge is -2.21. The average molecular weight is 349 g/mol. The normalized spacial score (nSPS) is 17.4. The number of hydrogen-bond acceptors (Lipinski definition) is 6. The standard InChI is InChI=1S/C13H26Cl2O6/c1-2-10(16)7-19-9-12(21-8-11(17)5-14)3-4-20-13(18)6-15/h10-13,16-18H,2-9H2,1H3. The molecule has 0 aliphatic rings. The van der Waals surface area contributed by atoms with Crippen LogP contribution in [0.1, 0.15) is 19.8 Å². The van der Waals surface area contributed by atoms with Gasteiger partial charge in [0, 0.05) is 0 Å². The Kier molecular flexibility index (Phi) is 14.2. The molecule has 0 radical (unpaired) electrons. The second-order valence-electron chi connectivity index (χ2n) is 4.63. The van der Waals surface area contributed by atoms with Crippen LogP contribution in [-0.4, -0.2) is 78.1 Å².